The zero-order valence-electron chi connectivity index (χ0n) is 10.5. The van der Waals surface area contributed by atoms with E-state index in [9.17, 15) is 9.36 Å². The van der Waals surface area contributed by atoms with Crippen molar-refractivity contribution in [3.63, 3.8) is 0 Å². The first-order valence-electron chi connectivity index (χ1n) is 5.45. The zero-order valence-corrected chi connectivity index (χ0v) is 12.2. The van der Waals surface area contributed by atoms with Gasteiger partial charge in [-0.3, -0.25) is 9.88 Å². The van der Waals surface area contributed by atoms with E-state index in [0.717, 1.165) is 5.75 Å². The van der Waals surface area contributed by atoms with Crippen LogP contribution in [0.4, 0.5) is 0 Å². The van der Waals surface area contributed by atoms with Crippen molar-refractivity contribution in [2.45, 2.75) is 26.3 Å². The summed E-state index contributed by atoms with van der Waals surface area (Å²) in [6.45, 7) is 3.75. The average Bonchev–Trinajstić information content (AvgIpc) is 2.33. The number of thioether (sulfide) groups is 1. The normalized spacial score (nSPS) is 13.5. The minimum atomic E-state index is -2.40. The van der Waals surface area contributed by atoms with E-state index < -0.39 is 13.3 Å². The molecule has 0 amide bonds. The lowest BCUT2D eigenvalue weighted by Crippen LogP contribution is -2.37. The van der Waals surface area contributed by atoms with E-state index in [4.69, 9.17) is 4.74 Å². The van der Waals surface area contributed by atoms with Gasteiger partial charge in [-0.05, 0) is 18.4 Å². The second kappa shape index (κ2) is 8.15. The topological polar surface area (TPSA) is 55.4 Å². The van der Waals surface area contributed by atoms with Crippen LogP contribution in [0.1, 0.15) is 20.3 Å². The molecule has 0 aromatic heterocycles. The Morgan fingerprint density at radius 3 is 2.38 bits per heavy atom. The molecule has 0 heterocycles. The molecule has 96 valence electrons. The number of nitrogens with one attached hydrogen (secondary N) is 1. The molecule has 0 aliphatic carbocycles. The standard InChI is InChI=1S/C10H22NO3PS/c1-5-15(13,6-2)11-9(7-8-16-4)10(12)14-3/h9H,5-8H2,1-4H3,(H,11,13)/t9-/m0/s1. The number of carbonyl (C=O) groups excluding carboxylic acids is 1. The van der Waals surface area contributed by atoms with Gasteiger partial charge in [0.05, 0.1) is 7.11 Å². The fourth-order valence-electron chi connectivity index (χ4n) is 1.30. The lowest BCUT2D eigenvalue weighted by Gasteiger charge is -2.22. The number of methoxy groups -OCH3 is 1. The molecule has 0 aromatic rings. The van der Waals surface area contributed by atoms with E-state index in [-0.39, 0.29) is 5.97 Å². The average molecular weight is 267 g/mol. The predicted octanol–water partition coefficient (Wildman–Crippen LogP) is 2.19. The first-order chi connectivity index (χ1) is 7.52. The minimum Gasteiger partial charge on any atom is -0.468 e. The number of hydrogen-bond donors (Lipinski definition) is 1. The summed E-state index contributed by atoms with van der Waals surface area (Å²) in [5.74, 6) is 0.524. The van der Waals surface area contributed by atoms with Crippen molar-refractivity contribution >= 4 is 25.0 Å². The summed E-state index contributed by atoms with van der Waals surface area (Å²) in [5, 5.41) is 2.98. The summed E-state index contributed by atoms with van der Waals surface area (Å²) in [7, 11) is -1.04. The van der Waals surface area contributed by atoms with E-state index in [2.05, 4.69) is 5.09 Å². The molecule has 1 atom stereocenters. The van der Waals surface area contributed by atoms with Crippen molar-refractivity contribution in [3.8, 4) is 0 Å². The second-order valence-electron chi connectivity index (χ2n) is 3.51. The van der Waals surface area contributed by atoms with E-state index in [1.54, 1.807) is 11.8 Å². The molecule has 1 N–H and O–H groups in total. The van der Waals surface area contributed by atoms with Gasteiger partial charge in [-0.2, -0.15) is 11.8 Å². The molecule has 0 radical (unpaired) electrons. The van der Waals surface area contributed by atoms with Gasteiger partial charge in [0.1, 0.15) is 13.3 Å². The summed E-state index contributed by atoms with van der Waals surface area (Å²) >= 11 is 1.66. The maximum absolute atomic E-state index is 12.2. The first kappa shape index (κ1) is 16.0. The fraction of sp³-hybridized carbons (Fsp3) is 0.900. The Labute approximate surface area is 102 Å². The highest BCUT2D eigenvalue weighted by Crippen LogP contribution is 2.40. The van der Waals surface area contributed by atoms with Gasteiger partial charge in [0.15, 0.2) is 0 Å². The zero-order chi connectivity index (χ0) is 12.6. The minimum absolute atomic E-state index is 0.323. The Bertz CT molecular complexity index is 252. The molecule has 0 aliphatic rings. The Morgan fingerprint density at radius 2 is 2.00 bits per heavy atom. The summed E-state index contributed by atoms with van der Waals surface area (Å²) in [5.41, 5.74) is 0. The maximum atomic E-state index is 12.2. The van der Waals surface area contributed by atoms with Gasteiger partial charge in [0.2, 0.25) is 0 Å². The van der Waals surface area contributed by atoms with Crippen molar-refractivity contribution in [2.75, 3.05) is 31.4 Å². The molecule has 0 saturated carbocycles. The SMILES string of the molecule is CCP(=O)(CC)N[C@@H](CCSC)C(=O)OC. The highest BCUT2D eigenvalue weighted by atomic mass is 32.2. The number of esters is 1. The van der Waals surface area contributed by atoms with Crippen LogP contribution in [0.5, 0.6) is 0 Å². The van der Waals surface area contributed by atoms with Crippen molar-refractivity contribution < 1.29 is 14.1 Å². The molecular formula is C10H22NO3PS. The van der Waals surface area contributed by atoms with Gasteiger partial charge in [-0.1, -0.05) is 13.8 Å². The van der Waals surface area contributed by atoms with Crippen LogP contribution in [0.25, 0.3) is 0 Å². The molecule has 16 heavy (non-hydrogen) atoms. The molecule has 0 saturated heterocycles. The highest BCUT2D eigenvalue weighted by Gasteiger charge is 2.26. The van der Waals surface area contributed by atoms with Crippen LogP contribution in [0.15, 0.2) is 0 Å². The molecule has 0 rings (SSSR count). The Hall–Kier alpha value is 0.01000. The molecule has 4 nitrogen and oxygen atoms in total. The monoisotopic (exact) mass is 267 g/mol. The van der Waals surface area contributed by atoms with Gasteiger partial charge >= 0.3 is 5.97 Å². The van der Waals surface area contributed by atoms with Crippen molar-refractivity contribution in [3.05, 3.63) is 0 Å². The van der Waals surface area contributed by atoms with Crippen molar-refractivity contribution in [2.24, 2.45) is 0 Å². The van der Waals surface area contributed by atoms with E-state index in [0.29, 0.717) is 18.7 Å². The third-order valence-electron chi connectivity index (χ3n) is 2.51. The third-order valence-corrected chi connectivity index (χ3v) is 5.98. The molecule has 0 spiro atoms. The lowest BCUT2D eigenvalue weighted by molar-refractivity contribution is -0.142. The van der Waals surface area contributed by atoms with E-state index in [1.165, 1.54) is 7.11 Å². The Morgan fingerprint density at radius 1 is 1.44 bits per heavy atom. The van der Waals surface area contributed by atoms with Crippen LogP contribution in [0.2, 0.25) is 0 Å². The van der Waals surface area contributed by atoms with Crippen LogP contribution in [-0.4, -0.2) is 43.5 Å². The lowest BCUT2D eigenvalue weighted by atomic mass is 10.2. The van der Waals surface area contributed by atoms with Crippen LogP contribution in [0, 0.1) is 0 Å². The molecule has 0 aliphatic heterocycles. The summed E-state index contributed by atoms with van der Waals surface area (Å²) in [4.78, 5) is 11.5. The van der Waals surface area contributed by atoms with E-state index >= 15 is 0 Å². The van der Waals surface area contributed by atoms with Gasteiger partial charge in [0.25, 0.3) is 0 Å². The molecule has 6 heteroatoms. The summed E-state index contributed by atoms with van der Waals surface area (Å²) in [6, 6.07) is -0.441. The van der Waals surface area contributed by atoms with Crippen LogP contribution in [-0.2, 0) is 14.1 Å². The van der Waals surface area contributed by atoms with Crippen LogP contribution in [0.3, 0.4) is 0 Å². The molecule has 0 aromatic carbocycles. The van der Waals surface area contributed by atoms with Crippen LogP contribution < -0.4 is 5.09 Å². The number of carbonyl (C=O) groups is 1. The Balaban J connectivity index is 4.52. The summed E-state index contributed by atoms with van der Waals surface area (Å²) < 4.78 is 16.9. The Kier molecular flexibility index (Phi) is 8.16. The van der Waals surface area contributed by atoms with Crippen LogP contribution >= 0.6 is 19.1 Å². The smallest absolute Gasteiger partial charge is 0.323 e. The third kappa shape index (κ3) is 5.37. The largest absolute Gasteiger partial charge is 0.468 e. The quantitative estimate of drug-likeness (QED) is 0.539. The highest BCUT2D eigenvalue weighted by molar-refractivity contribution is 7.98. The number of hydrogen-bond acceptors (Lipinski definition) is 4. The van der Waals surface area contributed by atoms with Crippen molar-refractivity contribution in [1.82, 2.24) is 5.09 Å². The molecule has 0 fully saturated rings. The molecule has 0 bridgehead atoms. The van der Waals surface area contributed by atoms with Crippen molar-refractivity contribution in [1.29, 1.82) is 0 Å². The predicted molar refractivity (Wildman–Crippen MR) is 70.6 cm³/mol. The van der Waals surface area contributed by atoms with E-state index in [1.807, 2.05) is 20.1 Å². The number of rotatable bonds is 8. The molecule has 0 unspecified atom stereocenters. The summed E-state index contributed by atoms with van der Waals surface area (Å²) in [6.07, 6.45) is 3.76. The fourth-order valence-corrected chi connectivity index (χ4v) is 3.39. The van der Waals surface area contributed by atoms with Gasteiger partial charge in [-0.15, -0.1) is 0 Å². The first-order valence-corrected chi connectivity index (χ1v) is 8.92. The second-order valence-corrected chi connectivity index (χ2v) is 7.80. The van der Waals surface area contributed by atoms with Gasteiger partial charge < -0.3 is 9.30 Å². The maximum Gasteiger partial charge on any atom is 0.323 e. The van der Waals surface area contributed by atoms with Gasteiger partial charge in [0, 0.05) is 12.3 Å². The molecular weight excluding hydrogens is 245 g/mol. The number of ether oxygens (including phenoxy) is 1. The van der Waals surface area contributed by atoms with Gasteiger partial charge in [-0.25, -0.2) is 0 Å².